The molecule has 16 heavy (non-hydrogen) atoms. The zero-order chi connectivity index (χ0) is 11.7. The third kappa shape index (κ3) is 14.0. The number of nitrogens with two attached hydrogens (primary N) is 1. The van der Waals surface area contributed by atoms with Gasteiger partial charge in [0, 0.05) is 13.1 Å². The Hall–Kier alpha value is 0. The SMILES string of the molecule is CC(C)CCCN=C(N)NCCC(C)C.I. The Kier molecular flexibility index (Phi) is 13.2. The summed E-state index contributed by atoms with van der Waals surface area (Å²) < 4.78 is 0. The molecule has 0 aliphatic heterocycles. The number of nitrogens with zero attached hydrogens (tertiary/aromatic N) is 1. The summed E-state index contributed by atoms with van der Waals surface area (Å²) in [6.45, 7) is 10.6. The molecule has 3 N–H and O–H groups in total. The zero-order valence-corrected chi connectivity index (χ0v) is 13.5. The Morgan fingerprint density at radius 2 is 1.69 bits per heavy atom. The lowest BCUT2D eigenvalue weighted by atomic mass is 10.1. The first-order valence-corrected chi connectivity index (χ1v) is 6.06. The van der Waals surface area contributed by atoms with Crippen LogP contribution in [0.25, 0.3) is 0 Å². The first-order valence-electron chi connectivity index (χ1n) is 6.06. The van der Waals surface area contributed by atoms with Crippen LogP contribution in [0.2, 0.25) is 0 Å². The van der Waals surface area contributed by atoms with Crippen molar-refractivity contribution in [2.75, 3.05) is 13.1 Å². The maximum absolute atomic E-state index is 5.72. The van der Waals surface area contributed by atoms with E-state index in [9.17, 15) is 0 Å². The summed E-state index contributed by atoms with van der Waals surface area (Å²) in [5.41, 5.74) is 5.72. The van der Waals surface area contributed by atoms with Crippen LogP contribution in [0.1, 0.15) is 47.0 Å². The minimum Gasteiger partial charge on any atom is -0.370 e. The van der Waals surface area contributed by atoms with Crippen molar-refractivity contribution in [2.24, 2.45) is 22.6 Å². The largest absolute Gasteiger partial charge is 0.370 e. The van der Waals surface area contributed by atoms with E-state index in [4.69, 9.17) is 5.73 Å². The Morgan fingerprint density at radius 1 is 1.12 bits per heavy atom. The third-order valence-corrected chi connectivity index (χ3v) is 2.25. The van der Waals surface area contributed by atoms with Crippen molar-refractivity contribution in [1.29, 1.82) is 0 Å². The highest BCUT2D eigenvalue weighted by atomic mass is 127. The van der Waals surface area contributed by atoms with Crippen molar-refractivity contribution in [1.82, 2.24) is 5.32 Å². The number of rotatable bonds is 7. The standard InChI is InChI=1S/C12H27N3.HI/c1-10(2)6-5-8-14-12(13)15-9-7-11(3)4;/h10-11H,5-9H2,1-4H3,(H3,13,14,15);1H. The minimum absolute atomic E-state index is 0. The molecule has 0 unspecified atom stereocenters. The van der Waals surface area contributed by atoms with Gasteiger partial charge in [-0.25, -0.2) is 0 Å². The van der Waals surface area contributed by atoms with Crippen LogP contribution in [0, 0.1) is 11.8 Å². The quantitative estimate of drug-likeness (QED) is 0.324. The fraction of sp³-hybridized carbons (Fsp3) is 0.917. The van der Waals surface area contributed by atoms with E-state index >= 15 is 0 Å². The molecule has 0 aromatic heterocycles. The Bertz CT molecular complexity index is 179. The maximum atomic E-state index is 5.72. The molecule has 0 aliphatic carbocycles. The van der Waals surface area contributed by atoms with Gasteiger partial charge in [0.25, 0.3) is 0 Å². The van der Waals surface area contributed by atoms with Gasteiger partial charge in [-0.1, -0.05) is 27.7 Å². The van der Waals surface area contributed by atoms with Crippen molar-refractivity contribution >= 4 is 29.9 Å². The maximum Gasteiger partial charge on any atom is 0.188 e. The molecule has 3 nitrogen and oxygen atoms in total. The Morgan fingerprint density at radius 3 is 2.19 bits per heavy atom. The van der Waals surface area contributed by atoms with E-state index in [-0.39, 0.29) is 24.0 Å². The molecule has 0 rings (SSSR count). The van der Waals surface area contributed by atoms with Crippen molar-refractivity contribution in [3.05, 3.63) is 0 Å². The number of aliphatic imine (C=N–C) groups is 1. The summed E-state index contributed by atoms with van der Waals surface area (Å²) >= 11 is 0. The van der Waals surface area contributed by atoms with Crippen LogP contribution < -0.4 is 11.1 Å². The molecule has 0 fully saturated rings. The first-order chi connectivity index (χ1) is 7.02. The molecule has 0 bridgehead atoms. The van der Waals surface area contributed by atoms with E-state index in [1.165, 1.54) is 6.42 Å². The minimum atomic E-state index is 0. The van der Waals surface area contributed by atoms with Gasteiger partial charge in [0.15, 0.2) is 5.96 Å². The van der Waals surface area contributed by atoms with Crippen molar-refractivity contribution in [2.45, 2.75) is 47.0 Å². The summed E-state index contributed by atoms with van der Waals surface area (Å²) in [5, 5.41) is 3.13. The van der Waals surface area contributed by atoms with E-state index in [0.29, 0.717) is 11.9 Å². The summed E-state index contributed by atoms with van der Waals surface area (Å²) in [6.07, 6.45) is 3.50. The Labute approximate surface area is 118 Å². The zero-order valence-electron chi connectivity index (χ0n) is 11.1. The molecule has 98 valence electrons. The van der Waals surface area contributed by atoms with Gasteiger partial charge in [-0.05, 0) is 31.1 Å². The molecule has 0 spiro atoms. The molecule has 0 atom stereocenters. The monoisotopic (exact) mass is 341 g/mol. The summed E-state index contributed by atoms with van der Waals surface area (Å²) in [6, 6.07) is 0. The second-order valence-electron chi connectivity index (χ2n) is 4.91. The van der Waals surface area contributed by atoms with Crippen molar-refractivity contribution in [3.63, 3.8) is 0 Å². The highest BCUT2D eigenvalue weighted by Crippen LogP contribution is 2.02. The molecule has 0 aromatic carbocycles. The van der Waals surface area contributed by atoms with Crippen LogP contribution in [0.3, 0.4) is 0 Å². The van der Waals surface area contributed by atoms with Gasteiger partial charge in [0.1, 0.15) is 0 Å². The number of halogens is 1. The molecule has 4 heteroatoms. The van der Waals surface area contributed by atoms with E-state index < -0.39 is 0 Å². The normalized spacial score (nSPS) is 11.8. The number of guanidine groups is 1. The lowest BCUT2D eigenvalue weighted by Gasteiger charge is -2.07. The topological polar surface area (TPSA) is 50.4 Å². The second-order valence-corrected chi connectivity index (χ2v) is 4.91. The average molecular weight is 341 g/mol. The van der Waals surface area contributed by atoms with Gasteiger partial charge >= 0.3 is 0 Å². The van der Waals surface area contributed by atoms with Crippen molar-refractivity contribution < 1.29 is 0 Å². The predicted octanol–water partition coefficient (Wildman–Crippen LogP) is 2.99. The highest BCUT2D eigenvalue weighted by Gasteiger charge is 1.95. The molecular formula is C12H28IN3. The van der Waals surface area contributed by atoms with Crippen LogP contribution in [0.5, 0.6) is 0 Å². The van der Waals surface area contributed by atoms with Gasteiger partial charge in [0.2, 0.25) is 0 Å². The van der Waals surface area contributed by atoms with Gasteiger partial charge in [0.05, 0.1) is 0 Å². The molecule has 0 heterocycles. The molecular weight excluding hydrogens is 313 g/mol. The van der Waals surface area contributed by atoms with E-state index in [1.54, 1.807) is 0 Å². The van der Waals surface area contributed by atoms with Crippen LogP contribution >= 0.6 is 24.0 Å². The molecule has 0 aliphatic rings. The molecule has 0 amide bonds. The Balaban J connectivity index is 0. The van der Waals surface area contributed by atoms with E-state index in [1.807, 2.05) is 0 Å². The third-order valence-electron chi connectivity index (χ3n) is 2.25. The second kappa shape index (κ2) is 11.5. The van der Waals surface area contributed by atoms with E-state index in [2.05, 4.69) is 38.0 Å². The van der Waals surface area contributed by atoms with Gasteiger partial charge in [-0.2, -0.15) is 0 Å². The van der Waals surface area contributed by atoms with E-state index in [0.717, 1.165) is 31.8 Å². The van der Waals surface area contributed by atoms with Crippen LogP contribution in [-0.4, -0.2) is 19.0 Å². The number of hydrogen-bond donors (Lipinski definition) is 2. The molecule has 0 saturated heterocycles. The highest BCUT2D eigenvalue weighted by molar-refractivity contribution is 14.0. The fourth-order valence-corrected chi connectivity index (χ4v) is 1.24. The van der Waals surface area contributed by atoms with Gasteiger partial charge < -0.3 is 11.1 Å². The summed E-state index contributed by atoms with van der Waals surface area (Å²) in [7, 11) is 0. The molecule has 0 saturated carbocycles. The lowest BCUT2D eigenvalue weighted by molar-refractivity contribution is 0.559. The van der Waals surface area contributed by atoms with Crippen LogP contribution in [0.15, 0.2) is 4.99 Å². The van der Waals surface area contributed by atoms with Crippen LogP contribution in [-0.2, 0) is 0 Å². The fourth-order valence-electron chi connectivity index (χ4n) is 1.24. The van der Waals surface area contributed by atoms with Gasteiger partial charge in [-0.3, -0.25) is 4.99 Å². The molecule has 0 radical (unpaired) electrons. The van der Waals surface area contributed by atoms with Crippen LogP contribution in [0.4, 0.5) is 0 Å². The lowest BCUT2D eigenvalue weighted by Crippen LogP contribution is -2.33. The smallest absolute Gasteiger partial charge is 0.188 e. The van der Waals surface area contributed by atoms with Crippen molar-refractivity contribution in [3.8, 4) is 0 Å². The number of nitrogens with one attached hydrogen (secondary N) is 1. The number of hydrogen-bond acceptors (Lipinski definition) is 1. The summed E-state index contributed by atoms with van der Waals surface area (Å²) in [5.74, 6) is 2.07. The average Bonchev–Trinajstić information content (AvgIpc) is 2.11. The summed E-state index contributed by atoms with van der Waals surface area (Å²) in [4.78, 5) is 4.28. The molecule has 0 aromatic rings. The first kappa shape index (κ1) is 18.4. The van der Waals surface area contributed by atoms with Gasteiger partial charge in [-0.15, -0.1) is 24.0 Å². The predicted molar refractivity (Wildman–Crippen MR) is 83.4 cm³/mol.